The number of benzene rings is 1. The van der Waals surface area contributed by atoms with Gasteiger partial charge < -0.3 is 15.4 Å². The number of alkyl halides is 3. The Balaban J connectivity index is 1.38. The molecule has 1 aromatic carbocycles. The smallest absolute Gasteiger partial charge is 0.379 e. The summed E-state index contributed by atoms with van der Waals surface area (Å²) in [5, 5.41) is 6.14. The lowest BCUT2D eigenvalue weighted by atomic mass is 10.0. The van der Waals surface area contributed by atoms with Crippen LogP contribution in [-0.4, -0.2) is 41.2 Å². The van der Waals surface area contributed by atoms with E-state index in [1.807, 2.05) is 0 Å². The average Bonchev–Trinajstić information content (AvgIpc) is 3.28. The standard InChI is InChI=1S/C19H19F3N4O2/c20-19(21,22)13-3-1-11(2-4-13)15-6-14(24-10-25-15)7-23-18(27)16-5-12-8-28-9-17(12)26-16/h1-4,6,10,12,16-17,26H,5,7-9H2,(H,23,27). The second kappa shape index (κ2) is 7.48. The molecule has 4 rings (SSSR count). The molecule has 2 saturated heterocycles. The molecule has 1 amide bonds. The molecule has 0 bridgehead atoms. The van der Waals surface area contributed by atoms with E-state index in [-0.39, 0.29) is 24.5 Å². The van der Waals surface area contributed by atoms with E-state index in [0.717, 1.165) is 18.6 Å². The summed E-state index contributed by atoms with van der Waals surface area (Å²) in [6.07, 6.45) is -2.29. The van der Waals surface area contributed by atoms with Crippen molar-refractivity contribution >= 4 is 5.91 Å². The molecule has 6 nitrogen and oxygen atoms in total. The van der Waals surface area contributed by atoms with Crippen molar-refractivity contribution in [3.63, 3.8) is 0 Å². The number of amides is 1. The van der Waals surface area contributed by atoms with Crippen LogP contribution >= 0.6 is 0 Å². The fourth-order valence-corrected chi connectivity index (χ4v) is 3.61. The maximum Gasteiger partial charge on any atom is 0.416 e. The summed E-state index contributed by atoms with van der Waals surface area (Å²) in [5.74, 6) is 0.283. The molecule has 148 valence electrons. The maximum atomic E-state index is 12.7. The van der Waals surface area contributed by atoms with Crippen molar-refractivity contribution in [2.24, 2.45) is 5.92 Å². The van der Waals surface area contributed by atoms with E-state index in [1.54, 1.807) is 6.07 Å². The van der Waals surface area contributed by atoms with E-state index in [2.05, 4.69) is 20.6 Å². The molecule has 2 aliphatic heterocycles. The van der Waals surface area contributed by atoms with Crippen LogP contribution in [0.1, 0.15) is 17.7 Å². The quantitative estimate of drug-likeness (QED) is 0.834. The third-order valence-electron chi connectivity index (χ3n) is 5.14. The zero-order valence-corrected chi connectivity index (χ0v) is 14.9. The van der Waals surface area contributed by atoms with Crippen LogP contribution < -0.4 is 10.6 Å². The van der Waals surface area contributed by atoms with Crippen LogP contribution in [-0.2, 0) is 22.3 Å². The Bertz CT molecular complexity index is 845. The van der Waals surface area contributed by atoms with Crippen LogP contribution in [0.4, 0.5) is 13.2 Å². The lowest BCUT2D eigenvalue weighted by molar-refractivity contribution is -0.137. The van der Waals surface area contributed by atoms with Crippen LogP contribution in [0.3, 0.4) is 0 Å². The fourth-order valence-electron chi connectivity index (χ4n) is 3.61. The minimum absolute atomic E-state index is 0.0934. The highest BCUT2D eigenvalue weighted by molar-refractivity contribution is 5.82. The highest BCUT2D eigenvalue weighted by Crippen LogP contribution is 2.30. The van der Waals surface area contributed by atoms with E-state index >= 15 is 0 Å². The number of carbonyl (C=O) groups excluding carboxylic acids is 1. The molecule has 3 unspecified atom stereocenters. The van der Waals surface area contributed by atoms with Crippen LogP contribution in [0, 0.1) is 5.92 Å². The Kier molecular flexibility index (Phi) is 5.03. The van der Waals surface area contributed by atoms with E-state index < -0.39 is 11.7 Å². The predicted octanol–water partition coefficient (Wildman–Crippen LogP) is 2.16. The first-order valence-electron chi connectivity index (χ1n) is 9.00. The summed E-state index contributed by atoms with van der Waals surface area (Å²) in [6, 6.07) is 6.44. The average molecular weight is 392 g/mol. The summed E-state index contributed by atoms with van der Waals surface area (Å²) in [7, 11) is 0. The molecule has 0 aliphatic carbocycles. The van der Waals surface area contributed by atoms with Crippen LogP contribution in [0.15, 0.2) is 36.7 Å². The van der Waals surface area contributed by atoms with Crippen molar-refractivity contribution in [3.8, 4) is 11.3 Å². The van der Waals surface area contributed by atoms with E-state index in [0.29, 0.717) is 36.1 Å². The number of rotatable bonds is 4. The van der Waals surface area contributed by atoms with Gasteiger partial charge in [-0.1, -0.05) is 12.1 Å². The van der Waals surface area contributed by atoms with Crippen molar-refractivity contribution < 1.29 is 22.7 Å². The first-order valence-corrected chi connectivity index (χ1v) is 9.00. The third kappa shape index (κ3) is 4.00. The number of hydrogen-bond donors (Lipinski definition) is 2. The van der Waals surface area contributed by atoms with Crippen molar-refractivity contribution in [2.45, 2.75) is 31.2 Å². The van der Waals surface area contributed by atoms with Gasteiger partial charge in [0.25, 0.3) is 0 Å². The summed E-state index contributed by atoms with van der Waals surface area (Å²) < 4.78 is 43.4. The van der Waals surface area contributed by atoms with Crippen LogP contribution in [0.2, 0.25) is 0 Å². The van der Waals surface area contributed by atoms with Gasteiger partial charge in [-0.25, -0.2) is 9.97 Å². The Hall–Kier alpha value is -2.52. The Morgan fingerprint density at radius 3 is 2.71 bits per heavy atom. The van der Waals surface area contributed by atoms with Gasteiger partial charge in [0.2, 0.25) is 5.91 Å². The van der Waals surface area contributed by atoms with Gasteiger partial charge in [-0.3, -0.25) is 4.79 Å². The molecule has 0 saturated carbocycles. The fraction of sp³-hybridized carbons (Fsp3) is 0.421. The number of fused-ring (bicyclic) bond motifs is 1. The Labute approximate surface area is 159 Å². The number of nitrogens with zero attached hydrogens (tertiary/aromatic N) is 2. The zero-order chi connectivity index (χ0) is 19.7. The molecular formula is C19H19F3N4O2. The number of nitrogens with one attached hydrogen (secondary N) is 2. The Morgan fingerprint density at radius 1 is 1.21 bits per heavy atom. The van der Waals surface area contributed by atoms with Gasteiger partial charge in [0.1, 0.15) is 6.33 Å². The molecule has 3 heterocycles. The molecular weight excluding hydrogens is 373 g/mol. The third-order valence-corrected chi connectivity index (χ3v) is 5.14. The molecule has 28 heavy (non-hydrogen) atoms. The number of ether oxygens (including phenoxy) is 1. The summed E-state index contributed by atoms with van der Waals surface area (Å²) in [6.45, 7) is 1.54. The van der Waals surface area contributed by atoms with Crippen LogP contribution in [0.5, 0.6) is 0 Å². The number of halogens is 3. The van der Waals surface area contributed by atoms with E-state index in [4.69, 9.17) is 4.74 Å². The molecule has 9 heteroatoms. The number of aromatic nitrogens is 2. The summed E-state index contributed by atoms with van der Waals surface area (Å²) in [5.41, 5.74) is 0.920. The van der Waals surface area contributed by atoms with Gasteiger partial charge in [-0.05, 0) is 24.6 Å². The van der Waals surface area contributed by atoms with Gasteiger partial charge >= 0.3 is 6.18 Å². The first kappa shape index (κ1) is 18.8. The minimum Gasteiger partial charge on any atom is -0.379 e. The van der Waals surface area contributed by atoms with Gasteiger partial charge in [-0.15, -0.1) is 0 Å². The second-order valence-electron chi connectivity index (χ2n) is 7.05. The van der Waals surface area contributed by atoms with Crippen LogP contribution in [0.25, 0.3) is 11.3 Å². The van der Waals surface area contributed by atoms with Crippen molar-refractivity contribution in [2.75, 3.05) is 13.2 Å². The normalized spacial score (nSPS) is 24.2. The topological polar surface area (TPSA) is 76.1 Å². The van der Waals surface area contributed by atoms with Gasteiger partial charge in [0.15, 0.2) is 0 Å². The molecule has 2 aliphatic rings. The maximum absolute atomic E-state index is 12.7. The van der Waals surface area contributed by atoms with Crippen molar-refractivity contribution in [3.05, 3.63) is 47.9 Å². The highest BCUT2D eigenvalue weighted by atomic mass is 19.4. The van der Waals surface area contributed by atoms with Crippen molar-refractivity contribution in [1.82, 2.24) is 20.6 Å². The summed E-state index contributed by atoms with van der Waals surface area (Å²) in [4.78, 5) is 20.6. The molecule has 2 fully saturated rings. The van der Waals surface area contributed by atoms with E-state index in [9.17, 15) is 18.0 Å². The lowest BCUT2D eigenvalue weighted by Gasteiger charge is -2.13. The van der Waals surface area contributed by atoms with Gasteiger partial charge in [0, 0.05) is 17.5 Å². The minimum atomic E-state index is -4.38. The second-order valence-corrected chi connectivity index (χ2v) is 7.05. The van der Waals surface area contributed by atoms with Gasteiger partial charge in [0.05, 0.1) is 42.8 Å². The molecule has 2 N–H and O–H groups in total. The highest BCUT2D eigenvalue weighted by Gasteiger charge is 2.40. The van der Waals surface area contributed by atoms with Crippen molar-refractivity contribution in [1.29, 1.82) is 0 Å². The molecule has 0 spiro atoms. The molecule has 3 atom stereocenters. The largest absolute Gasteiger partial charge is 0.416 e. The lowest BCUT2D eigenvalue weighted by Crippen LogP contribution is -2.43. The van der Waals surface area contributed by atoms with Gasteiger partial charge in [-0.2, -0.15) is 13.2 Å². The van der Waals surface area contributed by atoms with E-state index in [1.165, 1.54) is 18.5 Å². The zero-order valence-electron chi connectivity index (χ0n) is 14.9. The SMILES string of the molecule is O=C(NCc1cc(-c2ccc(C(F)(F)F)cc2)ncn1)C1CC2COCC2N1. The molecule has 1 aromatic heterocycles. The summed E-state index contributed by atoms with van der Waals surface area (Å²) >= 11 is 0. The first-order chi connectivity index (χ1) is 13.4. The monoisotopic (exact) mass is 392 g/mol. The molecule has 0 radical (unpaired) electrons. The predicted molar refractivity (Wildman–Crippen MR) is 94.0 cm³/mol. The number of carbonyl (C=O) groups is 1. The molecule has 2 aromatic rings. The Morgan fingerprint density at radius 2 is 2.00 bits per heavy atom. The number of hydrogen-bond acceptors (Lipinski definition) is 5.